The Morgan fingerprint density at radius 3 is 2.00 bits per heavy atom. The summed E-state index contributed by atoms with van der Waals surface area (Å²) >= 11 is 0. The van der Waals surface area contributed by atoms with Gasteiger partial charge in [0.15, 0.2) is 0 Å². The van der Waals surface area contributed by atoms with Crippen LogP contribution in [0.2, 0.25) is 0 Å². The Morgan fingerprint density at radius 1 is 0.690 bits per heavy atom. The van der Waals surface area contributed by atoms with Crippen molar-refractivity contribution in [1.29, 1.82) is 0 Å². The van der Waals surface area contributed by atoms with Gasteiger partial charge < -0.3 is 30.0 Å². The maximum Gasteiger partial charge on any atom is 0.335 e. The van der Waals surface area contributed by atoms with Crippen molar-refractivity contribution in [3.05, 3.63) is 125 Å². The Hall–Kier alpha value is -3.11. The van der Waals surface area contributed by atoms with Gasteiger partial charge in [0.2, 0.25) is 0 Å². The van der Waals surface area contributed by atoms with E-state index in [-0.39, 0.29) is 77.0 Å². The second-order valence-corrected chi connectivity index (χ2v) is 15.9. The number of nitrogens with one attached hydrogen (secondary N) is 2. The molecule has 12 heteroatoms. The molecule has 2 aromatic heterocycles. The Morgan fingerprint density at radius 2 is 1.33 bits per heavy atom. The maximum atomic E-state index is 11.4. The average molecular weight is 927 g/mol. The van der Waals surface area contributed by atoms with E-state index in [0.717, 1.165) is 90.9 Å². The van der Waals surface area contributed by atoms with Crippen LogP contribution in [0.5, 0.6) is 0 Å². The zero-order chi connectivity index (χ0) is 38.2. The third-order valence-corrected chi connectivity index (χ3v) is 12.3. The number of hydrogen-bond acceptors (Lipinski definition) is 6. The second kappa shape index (κ2) is 19.1. The quantitative estimate of drug-likeness (QED) is 0.122. The summed E-state index contributed by atoms with van der Waals surface area (Å²) in [5, 5.41) is 25.7. The van der Waals surface area contributed by atoms with Gasteiger partial charge in [0.25, 0.3) is 0 Å². The summed E-state index contributed by atoms with van der Waals surface area (Å²) < 4.78 is 4.77. The van der Waals surface area contributed by atoms with E-state index in [1.807, 2.05) is 18.2 Å². The molecule has 1 unspecified atom stereocenters. The number of benzene rings is 4. The molecule has 1 atom stereocenters. The third-order valence-electron chi connectivity index (χ3n) is 12.3. The molecule has 0 amide bonds. The first-order valence-electron chi connectivity index (χ1n) is 20.3. The maximum absolute atomic E-state index is 11.4. The van der Waals surface area contributed by atoms with Gasteiger partial charge in [-0.15, -0.1) is 12.0 Å². The minimum Gasteiger partial charge on any atom is -0.478 e. The number of carbonyl (C=O) groups is 2. The van der Waals surface area contributed by atoms with Crippen molar-refractivity contribution in [2.45, 2.75) is 108 Å². The largest absolute Gasteiger partial charge is 0.478 e. The summed E-state index contributed by atoms with van der Waals surface area (Å²) in [6, 6.07) is 27.6. The Labute approximate surface area is 389 Å². The minimum absolute atomic E-state index is 0. The van der Waals surface area contributed by atoms with Crippen LogP contribution >= 0.6 is 0 Å². The molecule has 10 rings (SSSR count). The SMILES string of the molecule is O=C(O)c1ccc2c(c1)nc(-c1ccc3c(c1)CN[CH-]C3)n2C1CCCCC1.O=C(O)c1ccc2c(c1)nc(C1Cc3cc[c-]cc3CN1)n2C1CCCCC1.[Y].[Y]. The molecule has 2 aliphatic carbocycles. The Balaban J connectivity index is 0.000000171. The van der Waals surface area contributed by atoms with Crippen LogP contribution in [0, 0.1) is 12.6 Å². The van der Waals surface area contributed by atoms with Crippen molar-refractivity contribution in [3.8, 4) is 11.4 Å². The molecule has 4 aromatic carbocycles. The topological polar surface area (TPSA) is 134 Å². The number of nitrogens with zero attached hydrogens (tertiary/aromatic N) is 4. The predicted octanol–water partition coefficient (Wildman–Crippen LogP) is 9.14. The monoisotopic (exact) mass is 926 g/mol. The molecule has 2 radical (unpaired) electrons. The van der Waals surface area contributed by atoms with E-state index in [1.54, 1.807) is 24.3 Å². The number of fused-ring (bicyclic) bond motifs is 4. The summed E-state index contributed by atoms with van der Waals surface area (Å²) in [6.07, 6.45) is 14.0. The third kappa shape index (κ3) is 8.84. The first-order chi connectivity index (χ1) is 27.4. The molecule has 2 saturated carbocycles. The average Bonchev–Trinajstić information content (AvgIpc) is 3.83. The van der Waals surface area contributed by atoms with Gasteiger partial charge in [0.1, 0.15) is 11.6 Å². The smallest absolute Gasteiger partial charge is 0.335 e. The van der Waals surface area contributed by atoms with E-state index in [1.165, 1.54) is 60.8 Å². The number of carboxylic acids is 2. The van der Waals surface area contributed by atoms with Gasteiger partial charge in [-0.2, -0.15) is 29.8 Å². The van der Waals surface area contributed by atoms with Gasteiger partial charge in [-0.1, -0.05) is 56.2 Å². The van der Waals surface area contributed by atoms with Crippen molar-refractivity contribution in [1.82, 2.24) is 29.7 Å². The normalized spacial score (nSPS) is 18.2. The number of rotatable bonds is 6. The van der Waals surface area contributed by atoms with E-state index in [9.17, 15) is 19.8 Å². The zero-order valence-corrected chi connectivity index (χ0v) is 38.5. The number of aromatic nitrogens is 4. The first kappa shape index (κ1) is 43.0. The van der Waals surface area contributed by atoms with E-state index in [2.05, 4.69) is 62.7 Å². The van der Waals surface area contributed by atoms with Crippen LogP contribution in [0.1, 0.15) is 131 Å². The van der Waals surface area contributed by atoms with Crippen LogP contribution in [0.3, 0.4) is 0 Å². The standard InChI is InChI=1S/2C23H24N3O2.2Y/c27-23(28)16-10-11-21-19(13-16)25-22(26(21)18-8-2-1-3-9-18)20-12-15-6-4-5-7-17(15)14-24-20;27-23(28)17-8-9-21-20(13-17)25-22(26(21)19-4-2-1-3-5-19)16-7-6-15-10-11-24-14-18(15)12-16;;/h4,6-7,10-11,13,18,20,24H,1-3,8-9,12,14H2,(H,27,28);6-9,11-13,19,24H,1-5,10,14H2,(H,27,28);;/q2*-1;;. The Bertz CT molecular complexity index is 2430. The number of aromatic carboxylic acids is 2. The summed E-state index contributed by atoms with van der Waals surface area (Å²) in [7, 11) is 0. The van der Waals surface area contributed by atoms with Crippen LogP contribution in [0.15, 0.2) is 72.8 Å². The Kier molecular flexibility index (Phi) is 14.1. The minimum atomic E-state index is -0.910. The van der Waals surface area contributed by atoms with Crippen molar-refractivity contribution in [3.63, 3.8) is 0 Å². The molecule has 10 nitrogen and oxygen atoms in total. The zero-order valence-electron chi connectivity index (χ0n) is 32.8. The summed E-state index contributed by atoms with van der Waals surface area (Å²) in [6.45, 7) is 3.76. The molecular formula is C46H48N6O4Y2-2. The number of hydrogen-bond donors (Lipinski definition) is 4. The molecule has 4 aliphatic rings. The van der Waals surface area contributed by atoms with Crippen LogP contribution in [-0.4, -0.2) is 41.3 Å². The first-order valence-corrected chi connectivity index (χ1v) is 20.3. The molecule has 0 spiro atoms. The molecule has 6 aromatic rings. The molecule has 294 valence electrons. The van der Waals surface area contributed by atoms with Gasteiger partial charge in [0.05, 0.1) is 39.2 Å². The van der Waals surface area contributed by atoms with E-state index in [0.29, 0.717) is 17.6 Å². The fourth-order valence-corrected chi connectivity index (χ4v) is 9.43. The molecule has 4 N–H and O–H groups in total. The van der Waals surface area contributed by atoms with Crippen molar-refractivity contribution in [2.75, 3.05) is 0 Å². The van der Waals surface area contributed by atoms with Crippen molar-refractivity contribution < 1.29 is 85.2 Å². The van der Waals surface area contributed by atoms with Gasteiger partial charge in [0, 0.05) is 83.1 Å². The predicted molar refractivity (Wildman–Crippen MR) is 216 cm³/mol. The molecule has 0 saturated heterocycles. The van der Waals surface area contributed by atoms with E-state index >= 15 is 0 Å². The van der Waals surface area contributed by atoms with Gasteiger partial charge in [-0.3, -0.25) is 6.54 Å². The summed E-state index contributed by atoms with van der Waals surface area (Å²) in [4.78, 5) is 32.7. The van der Waals surface area contributed by atoms with Gasteiger partial charge in [-0.05, 0) is 93.2 Å². The fourth-order valence-electron chi connectivity index (χ4n) is 9.43. The summed E-state index contributed by atoms with van der Waals surface area (Å²) in [5.74, 6) is 0.188. The molecular weight excluding hydrogens is 878 g/mol. The molecule has 4 heterocycles. The molecule has 0 bridgehead atoms. The number of imidazole rings is 2. The molecule has 2 fully saturated rings. The van der Waals surface area contributed by atoms with Crippen LogP contribution in [0.4, 0.5) is 0 Å². The van der Waals surface area contributed by atoms with Crippen molar-refractivity contribution in [2.24, 2.45) is 0 Å². The molecule has 58 heavy (non-hydrogen) atoms. The number of carboxylic acid groups (broad SMARTS) is 2. The van der Waals surface area contributed by atoms with Gasteiger partial charge >= 0.3 is 11.9 Å². The van der Waals surface area contributed by atoms with Crippen LogP contribution in [-0.2, 0) is 91.3 Å². The van der Waals surface area contributed by atoms with Crippen molar-refractivity contribution >= 4 is 34.0 Å². The fraction of sp³-hybridized carbons (Fsp3) is 0.370. The molecule has 2 aliphatic heterocycles. The summed E-state index contributed by atoms with van der Waals surface area (Å²) in [5.41, 5.74) is 10.7. The van der Waals surface area contributed by atoms with Gasteiger partial charge in [-0.25, -0.2) is 19.6 Å². The van der Waals surface area contributed by atoms with E-state index < -0.39 is 11.9 Å². The second-order valence-electron chi connectivity index (χ2n) is 15.9. The van der Waals surface area contributed by atoms with Crippen LogP contribution in [0.25, 0.3) is 33.5 Å². The van der Waals surface area contributed by atoms with Crippen LogP contribution < -0.4 is 10.6 Å². The van der Waals surface area contributed by atoms with E-state index in [4.69, 9.17) is 9.97 Å².